The number of amides is 1. The number of benzene rings is 2. The second-order valence-corrected chi connectivity index (χ2v) is 9.79. The van der Waals surface area contributed by atoms with Crippen molar-refractivity contribution >= 4 is 5.91 Å². The molecule has 5 heteroatoms. The fourth-order valence-corrected chi connectivity index (χ4v) is 5.31. The van der Waals surface area contributed by atoms with Gasteiger partial charge in [0, 0.05) is 37.8 Å². The van der Waals surface area contributed by atoms with Gasteiger partial charge in [0.05, 0.1) is 18.2 Å². The number of hydrogen-bond donors (Lipinski definition) is 0. The van der Waals surface area contributed by atoms with Crippen LogP contribution in [0.4, 0.5) is 0 Å². The summed E-state index contributed by atoms with van der Waals surface area (Å²) >= 11 is 0. The SMILES string of the molecule is N#Cc1ccc(C(=O)N2CCC(COc3ccc4c(c3)CCN(C3CCC3)CC4)CC2)cc1. The lowest BCUT2D eigenvalue weighted by atomic mass is 9.91. The van der Waals surface area contributed by atoms with Crippen molar-refractivity contribution in [3.05, 3.63) is 64.7 Å². The maximum atomic E-state index is 12.7. The third kappa shape index (κ3) is 5.07. The molecule has 3 aliphatic rings. The number of ether oxygens (including phenoxy) is 1. The maximum absolute atomic E-state index is 12.7. The van der Waals surface area contributed by atoms with E-state index < -0.39 is 0 Å². The second kappa shape index (κ2) is 9.97. The van der Waals surface area contributed by atoms with Gasteiger partial charge in [-0.2, -0.15) is 5.26 Å². The highest BCUT2D eigenvalue weighted by Crippen LogP contribution is 2.29. The van der Waals surface area contributed by atoms with Crippen molar-refractivity contribution in [2.75, 3.05) is 32.8 Å². The summed E-state index contributed by atoms with van der Waals surface area (Å²) < 4.78 is 6.22. The van der Waals surface area contributed by atoms with Crippen LogP contribution >= 0.6 is 0 Å². The molecule has 2 heterocycles. The number of piperidine rings is 1. The minimum Gasteiger partial charge on any atom is -0.493 e. The molecule has 2 aliphatic heterocycles. The molecule has 1 aliphatic carbocycles. The van der Waals surface area contributed by atoms with Crippen LogP contribution in [0.2, 0.25) is 0 Å². The summed E-state index contributed by atoms with van der Waals surface area (Å²) in [6.07, 6.45) is 8.35. The summed E-state index contributed by atoms with van der Waals surface area (Å²) in [5, 5.41) is 8.93. The fraction of sp³-hybridized carbons (Fsp3) is 0.500. The number of likely N-dealkylation sites (tertiary alicyclic amines) is 1. The molecule has 0 radical (unpaired) electrons. The van der Waals surface area contributed by atoms with Gasteiger partial charge in [-0.05, 0) is 92.0 Å². The lowest BCUT2D eigenvalue weighted by Gasteiger charge is -2.36. The Bertz CT molecular complexity index is 1010. The highest BCUT2D eigenvalue weighted by molar-refractivity contribution is 5.94. The predicted octanol–water partition coefficient (Wildman–Crippen LogP) is 4.44. The van der Waals surface area contributed by atoms with E-state index in [0.29, 0.717) is 23.7 Å². The normalized spacial score (nSPS) is 19.8. The Hall–Kier alpha value is -2.84. The van der Waals surface area contributed by atoms with Gasteiger partial charge in [0.15, 0.2) is 0 Å². The summed E-state index contributed by atoms with van der Waals surface area (Å²) in [4.78, 5) is 17.4. The molecule has 0 bridgehead atoms. The van der Waals surface area contributed by atoms with E-state index in [0.717, 1.165) is 50.6 Å². The molecule has 2 fully saturated rings. The monoisotopic (exact) mass is 443 g/mol. The molecular formula is C28H33N3O2. The number of rotatable bonds is 5. The summed E-state index contributed by atoms with van der Waals surface area (Å²) in [5.41, 5.74) is 4.18. The molecule has 5 rings (SSSR count). The van der Waals surface area contributed by atoms with E-state index in [2.05, 4.69) is 29.2 Å². The van der Waals surface area contributed by atoms with Gasteiger partial charge in [-0.3, -0.25) is 9.69 Å². The van der Waals surface area contributed by atoms with E-state index in [1.54, 1.807) is 24.3 Å². The van der Waals surface area contributed by atoms with Crippen LogP contribution in [-0.4, -0.2) is 54.5 Å². The molecule has 1 amide bonds. The number of nitrogens with zero attached hydrogens (tertiary/aromatic N) is 3. The van der Waals surface area contributed by atoms with Gasteiger partial charge in [-0.1, -0.05) is 12.5 Å². The second-order valence-electron chi connectivity index (χ2n) is 9.79. The Morgan fingerprint density at radius 2 is 1.67 bits per heavy atom. The van der Waals surface area contributed by atoms with Gasteiger partial charge in [0.1, 0.15) is 5.75 Å². The summed E-state index contributed by atoms with van der Waals surface area (Å²) in [5.74, 6) is 1.52. The molecule has 0 aromatic heterocycles. The molecule has 0 atom stereocenters. The Kier molecular flexibility index (Phi) is 6.64. The van der Waals surface area contributed by atoms with Crippen LogP contribution in [0.15, 0.2) is 42.5 Å². The Morgan fingerprint density at radius 3 is 2.33 bits per heavy atom. The van der Waals surface area contributed by atoms with Crippen LogP contribution in [0.25, 0.3) is 0 Å². The van der Waals surface area contributed by atoms with Crippen LogP contribution in [0.3, 0.4) is 0 Å². The van der Waals surface area contributed by atoms with Crippen LogP contribution in [0.1, 0.15) is 59.2 Å². The number of nitriles is 1. The van der Waals surface area contributed by atoms with E-state index in [1.165, 1.54) is 43.5 Å². The molecule has 5 nitrogen and oxygen atoms in total. The van der Waals surface area contributed by atoms with E-state index in [4.69, 9.17) is 10.00 Å². The largest absolute Gasteiger partial charge is 0.493 e. The molecule has 172 valence electrons. The Balaban J connectivity index is 1.10. The maximum Gasteiger partial charge on any atom is 0.253 e. The lowest BCUT2D eigenvalue weighted by Crippen LogP contribution is -2.41. The molecule has 0 N–H and O–H groups in total. The third-order valence-electron chi connectivity index (χ3n) is 7.75. The predicted molar refractivity (Wildman–Crippen MR) is 128 cm³/mol. The van der Waals surface area contributed by atoms with Gasteiger partial charge >= 0.3 is 0 Å². The number of carbonyl (C=O) groups excluding carboxylic acids is 1. The molecule has 33 heavy (non-hydrogen) atoms. The van der Waals surface area contributed by atoms with Gasteiger partial charge < -0.3 is 9.64 Å². The minimum absolute atomic E-state index is 0.0561. The molecule has 2 aromatic carbocycles. The van der Waals surface area contributed by atoms with Crippen molar-refractivity contribution in [2.45, 2.75) is 51.0 Å². The first-order valence-corrected chi connectivity index (χ1v) is 12.5. The number of hydrogen-bond acceptors (Lipinski definition) is 4. The zero-order chi connectivity index (χ0) is 22.6. The topological polar surface area (TPSA) is 56.6 Å². The highest BCUT2D eigenvalue weighted by atomic mass is 16.5. The van der Waals surface area contributed by atoms with Crippen molar-refractivity contribution in [1.82, 2.24) is 9.80 Å². The van der Waals surface area contributed by atoms with Crippen molar-refractivity contribution in [2.24, 2.45) is 5.92 Å². The molecule has 1 saturated carbocycles. The fourth-order valence-electron chi connectivity index (χ4n) is 5.31. The highest BCUT2D eigenvalue weighted by Gasteiger charge is 2.27. The van der Waals surface area contributed by atoms with Crippen LogP contribution in [0.5, 0.6) is 5.75 Å². The van der Waals surface area contributed by atoms with E-state index in [1.807, 2.05) is 4.90 Å². The van der Waals surface area contributed by atoms with Crippen molar-refractivity contribution in [3.8, 4) is 11.8 Å². The average Bonchev–Trinajstić information content (AvgIpc) is 3.04. The van der Waals surface area contributed by atoms with Crippen molar-refractivity contribution in [1.29, 1.82) is 5.26 Å². The zero-order valence-electron chi connectivity index (χ0n) is 19.3. The van der Waals surface area contributed by atoms with Crippen molar-refractivity contribution in [3.63, 3.8) is 0 Å². The van der Waals surface area contributed by atoms with E-state index in [9.17, 15) is 4.79 Å². The molecule has 1 saturated heterocycles. The summed E-state index contributed by atoms with van der Waals surface area (Å²) in [6.45, 7) is 4.60. The Morgan fingerprint density at radius 1 is 0.939 bits per heavy atom. The van der Waals surface area contributed by atoms with Gasteiger partial charge in [0.2, 0.25) is 0 Å². The number of fused-ring (bicyclic) bond motifs is 1. The van der Waals surface area contributed by atoms with Gasteiger partial charge in [-0.25, -0.2) is 0 Å². The smallest absolute Gasteiger partial charge is 0.253 e. The standard InChI is InChI=1S/C28H33N3O2/c29-19-21-4-6-24(7-5-21)28(32)31-14-10-22(11-15-31)20-33-27-9-8-23-12-16-30(26-2-1-3-26)17-13-25(23)18-27/h4-9,18,22,26H,1-3,10-17,20H2. The van der Waals surface area contributed by atoms with Crippen LogP contribution in [0, 0.1) is 17.2 Å². The molecule has 0 unspecified atom stereocenters. The molecule has 0 spiro atoms. The minimum atomic E-state index is 0.0561. The third-order valence-corrected chi connectivity index (χ3v) is 7.75. The van der Waals surface area contributed by atoms with Gasteiger partial charge in [-0.15, -0.1) is 0 Å². The van der Waals surface area contributed by atoms with Crippen molar-refractivity contribution < 1.29 is 9.53 Å². The molecular weight excluding hydrogens is 410 g/mol. The first kappa shape index (κ1) is 22.0. The van der Waals surface area contributed by atoms with Gasteiger partial charge in [0.25, 0.3) is 5.91 Å². The molecule has 2 aromatic rings. The van der Waals surface area contributed by atoms with Crippen LogP contribution in [-0.2, 0) is 12.8 Å². The summed E-state index contributed by atoms with van der Waals surface area (Å²) in [7, 11) is 0. The lowest BCUT2D eigenvalue weighted by molar-refractivity contribution is 0.0661. The number of carbonyl (C=O) groups is 1. The first-order valence-electron chi connectivity index (χ1n) is 12.5. The van der Waals surface area contributed by atoms with Crippen LogP contribution < -0.4 is 4.74 Å². The summed E-state index contributed by atoms with van der Waals surface area (Å²) in [6, 6.07) is 16.5. The zero-order valence-corrected chi connectivity index (χ0v) is 19.3. The van der Waals surface area contributed by atoms with E-state index >= 15 is 0 Å². The quantitative estimate of drug-likeness (QED) is 0.685. The first-order chi connectivity index (χ1) is 16.2. The average molecular weight is 444 g/mol. The Labute approximate surface area is 196 Å². The van der Waals surface area contributed by atoms with E-state index in [-0.39, 0.29) is 5.91 Å².